The van der Waals surface area contributed by atoms with Crippen LogP contribution >= 0.6 is 0 Å². The van der Waals surface area contributed by atoms with E-state index in [2.05, 4.69) is 10.6 Å². The predicted molar refractivity (Wildman–Crippen MR) is 97.2 cm³/mol. The zero-order chi connectivity index (χ0) is 20.2. The average Bonchev–Trinajstić information content (AvgIpc) is 2.56. The fourth-order valence-corrected chi connectivity index (χ4v) is 2.12. The summed E-state index contributed by atoms with van der Waals surface area (Å²) in [5.41, 5.74) is -0.643. The van der Waals surface area contributed by atoms with E-state index < -0.39 is 29.2 Å². The number of halogens is 2. The molecule has 0 aromatic heterocycles. The Kier molecular flexibility index (Phi) is 5.99. The molecule has 2 rings (SSSR count). The second-order valence-electron chi connectivity index (χ2n) is 6.62. The maximum absolute atomic E-state index is 13.9. The van der Waals surface area contributed by atoms with Crippen molar-refractivity contribution in [2.75, 3.05) is 17.7 Å². The SMILES string of the molecule is COc1ccc(C(=O)Nc2ccc(F)c(NC(=O)OC(C)(C)C)c2)cc1F. The normalized spacial score (nSPS) is 10.9. The predicted octanol–water partition coefficient (Wildman–Crippen LogP) is 4.57. The van der Waals surface area contributed by atoms with Crippen molar-refractivity contribution in [2.24, 2.45) is 0 Å². The van der Waals surface area contributed by atoms with Crippen LogP contribution in [0.3, 0.4) is 0 Å². The molecule has 0 aliphatic rings. The first-order valence-electron chi connectivity index (χ1n) is 8.03. The molecule has 0 radical (unpaired) electrons. The molecule has 0 atom stereocenters. The first-order chi connectivity index (χ1) is 12.6. The molecule has 0 bridgehead atoms. The molecule has 0 heterocycles. The first-order valence-corrected chi connectivity index (χ1v) is 8.03. The molecule has 0 aliphatic heterocycles. The fourth-order valence-electron chi connectivity index (χ4n) is 2.12. The van der Waals surface area contributed by atoms with Crippen molar-refractivity contribution in [3.8, 4) is 5.75 Å². The molecule has 2 N–H and O–H groups in total. The molecule has 0 fully saturated rings. The number of ether oxygens (including phenoxy) is 2. The fraction of sp³-hybridized carbons (Fsp3) is 0.263. The Bertz CT molecular complexity index is 863. The summed E-state index contributed by atoms with van der Waals surface area (Å²) in [6, 6.07) is 7.36. The molecule has 2 amide bonds. The third-order valence-corrected chi connectivity index (χ3v) is 3.27. The van der Waals surface area contributed by atoms with E-state index in [4.69, 9.17) is 9.47 Å². The maximum atomic E-state index is 13.9. The molecule has 0 aliphatic carbocycles. The standard InChI is InChI=1S/C19H20F2N2O4/c1-19(2,3)27-18(25)23-15-10-12(6-7-13(15)20)22-17(24)11-5-8-16(26-4)14(21)9-11/h5-10H,1-4H3,(H,22,24)(H,23,25). The van der Waals surface area contributed by atoms with Crippen LogP contribution in [0.1, 0.15) is 31.1 Å². The summed E-state index contributed by atoms with van der Waals surface area (Å²) in [6.07, 6.45) is -0.831. The third kappa shape index (κ3) is 5.67. The van der Waals surface area contributed by atoms with E-state index in [1.807, 2.05) is 0 Å². The van der Waals surface area contributed by atoms with Crippen molar-refractivity contribution >= 4 is 23.4 Å². The lowest BCUT2D eigenvalue weighted by Gasteiger charge is -2.20. The number of hydrogen-bond acceptors (Lipinski definition) is 4. The smallest absolute Gasteiger partial charge is 0.412 e. The quantitative estimate of drug-likeness (QED) is 0.817. The van der Waals surface area contributed by atoms with Crippen LogP contribution in [0.25, 0.3) is 0 Å². The van der Waals surface area contributed by atoms with Gasteiger partial charge in [0.25, 0.3) is 5.91 Å². The molecule has 0 spiro atoms. The van der Waals surface area contributed by atoms with Crippen molar-refractivity contribution in [2.45, 2.75) is 26.4 Å². The maximum Gasteiger partial charge on any atom is 0.412 e. The van der Waals surface area contributed by atoms with E-state index in [9.17, 15) is 18.4 Å². The molecule has 0 saturated carbocycles. The van der Waals surface area contributed by atoms with Gasteiger partial charge in [-0.15, -0.1) is 0 Å². The number of amides is 2. The topological polar surface area (TPSA) is 76.7 Å². The summed E-state index contributed by atoms with van der Waals surface area (Å²) >= 11 is 0. The number of nitrogens with one attached hydrogen (secondary N) is 2. The Morgan fingerprint density at radius 2 is 1.67 bits per heavy atom. The van der Waals surface area contributed by atoms with Gasteiger partial charge in [-0.25, -0.2) is 13.6 Å². The van der Waals surface area contributed by atoms with Crippen molar-refractivity contribution in [1.82, 2.24) is 0 Å². The van der Waals surface area contributed by atoms with E-state index in [1.54, 1.807) is 20.8 Å². The number of hydrogen-bond donors (Lipinski definition) is 2. The molecule has 8 heteroatoms. The Morgan fingerprint density at radius 1 is 0.963 bits per heavy atom. The van der Waals surface area contributed by atoms with E-state index in [0.29, 0.717) is 0 Å². The van der Waals surface area contributed by atoms with Gasteiger partial charge in [0.2, 0.25) is 0 Å². The van der Waals surface area contributed by atoms with Crippen molar-refractivity contribution in [3.63, 3.8) is 0 Å². The number of anilines is 2. The lowest BCUT2D eigenvalue weighted by Crippen LogP contribution is -2.27. The van der Waals surface area contributed by atoms with Gasteiger partial charge < -0.3 is 14.8 Å². The lowest BCUT2D eigenvalue weighted by atomic mass is 10.2. The summed E-state index contributed by atoms with van der Waals surface area (Å²) in [6.45, 7) is 5.02. The minimum absolute atomic E-state index is 0.0113. The van der Waals surface area contributed by atoms with Gasteiger partial charge in [-0.2, -0.15) is 0 Å². The van der Waals surface area contributed by atoms with Gasteiger partial charge in [0.05, 0.1) is 12.8 Å². The van der Waals surface area contributed by atoms with Crippen molar-refractivity contribution < 1.29 is 27.8 Å². The molecular weight excluding hydrogens is 358 g/mol. The highest BCUT2D eigenvalue weighted by molar-refractivity contribution is 6.04. The van der Waals surface area contributed by atoms with E-state index in [-0.39, 0.29) is 22.7 Å². The summed E-state index contributed by atoms with van der Waals surface area (Å²) in [5, 5.41) is 4.79. The highest BCUT2D eigenvalue weighted by Gasteiger charge is 2.18. The van der Waals surface area contributed by atoms with Gasteiger partial charge in [0, 0.05) is 11.3 Å². The van der Waals surface area contributed by atoms with Crippen LogP contribution in [0.5, 0.6) is 5.75 Å². The van der Waals surface area contributed by atoms with Crippen LogP contribution in [0, 0.1) is 11.6 Å². The molecule has 6 nitrogen and oxygen atoms in total. The van der Waals surface area contributed by atoms with Crippen molar-refractivity contribution in [3.05, 3.63) is 53.6 Å². The minimum Gasteiger partial charge on any atom is -0.494 e. The Balaban J connectivity index is 2.14. The van der Waals surface area contributed by atoms with Crippen LogP contribution in [0.2, 0.25) is 0 Å². The monoisotopic (exact) mass is 378 g/mol. The van der Waals surface area contributed by atoms with E-state index >= 15 is 0 Å². The molecule has 0 unspecified atom stereocenters. The Morgan fingerprint density at radius 3 is 2.26 bits per heavy atom. The Hall–Kier alpha value is -3.16. The van der Waals surface area contributed by atoms with Gasteiger partial charge in [-0.05, 0) is 57.2 Å². The van der Waals surface area contributed by atoms with Gasteiger partial charge in [0.1, 0.15) is 11.4 Å². The second-order valence-corrected chi connectivity index (χ2v) is 6.62. The van der Waals surface area contributed by atoms with Gasteiger partial charge in [-0.3, -0.25) is 10.1 Å². The average molecular weight is 378 g/mol. The number of methoxy groups -OCH3 is 1. The largest absolute Gasteiger partial charge is 0.494 e. The van der Waals surface area contributed by atoms with Crippen LogP contribution in [-0.2, 0) is 4.74 Å². The van der Waals surface area contributed by atoms with E-state index in [1.165, 1.54) is 31.4 Å². The molecule has 2 aromatic carbocycles. The number of benzene rings is 2. The molecule has 27 heavy (non-hydrogen) atoms. The Labute approximate surface area is 155 Å². The lowest BCUT2D eigenvalue weighted by molar-refractivity contribution is 0.0635. The highest BCUT2D eigenvalue weighted by Crippen LogP contribution is 2.22. The molecule has 2 aromatic rings. The minimum atomic E-state index is -0.831. The summed E-state index contributed by atoms with van der Waals surface area (Å²) in [5.74, 6) is -1.98. The number of rotatable bonds is 4. The zero-order valence-electron chi connectivity index (χ0n) is 15.4. The van der Waals surface area contributed by atoms with Crippen LogP contribution < -0.4 is 15.4 Å². The zero-order valence-corrected chi connectivity index (χ0v) is 15.4. The van der Waals surface area contributed by atoms with Crippen LogP contribution in [-0.4, -0.2) is 24.7 Å². The second kappa shape index (κ2) is 8.03. The molecular formula is C19H20F2N2O4. The van der Waals surface area contributed by atoms with Gasteiger partial charge in [0.15, 0.2) is 11.6 Å². The molecule has 0 saturated heterocycles. The van der Waals surface area contributed by atoms with Crippen LogP contribution in [0.4, 0.5) is 25.0 Å². The molecule has 144 valence electrons. The van der Waals surface area contributed by atoms with Gasteiger partial charge >= 0.3 is 6.09 Å². The first kappa shape index (κ1) is 20.2. The summed E-state index contributed by atoms with van der Waals surface area (Å²) in [4.78, 5) is 24.0. The number of carbonyl (C=O) groups is 2. The van der Waals surface area contributed by atoms with E-state index in [0.717, 1.165) is 12.1 Å². The summed E-state index contributed by atoms with van der Waals surface area (Å²) < 4.78 is 37.5. The van der Waals surface area contributed by atoms with Crippen LogP contribution in [0.15, 0.2) is 36.4 Å². The highest BCUT2D eigenvalue weighted by atomic mass is 19.1. The number of carbonyl (C=O) groups excluding carboxylic acids is 2. The van der Waals surface area contributed by atoms with Crippen molar-refractivity contribution in [1.29, 1.82) is 0 Å². The van der Waals surface area contributed by atoms with Gasteiger partial charge in [-0.1, -0.05) is 0 Å². The third-order valence-electron chi connectivity index (χ3n) is 3.27. The summed E-state index contributed by atoms with van der Waals surface area (Å²) in [7, 11) is 1.32.